The van der Waals surface area contributed by atoms with E-state index in [1.807, 2.05) is 6.92 Å². The highest BCUT2D eigenvalue weighted by Crippen LogP contribution is 2.79. The Morgan fingerprint density at radius 1 is 0.636 bits per heavy atom. The molecule has 5 aliphatic carbocycles. The molecule has 1 spiro atoms. The third-order valence-electron chi connectivity index (χ3n) is 20.0. The van der Waals surface area contributed by atoms with Gasteiger partial charge < -0.3 is 89.3 Å². The number of allylic oxidation sites excluding steroid dienone is 1. The lowest BCUT2D eigenvalue weighted by Gasteiger charge is -2.73. The summed E-state index contributed by atoms with van der Waals surface area (Å²) in [6.07, 6.45) is -13.6. The van der Waals surface area contributed by atoms with E-state index in [2.05, 4.69) is 46.8 Å². The van der Waals surface area contributed by atoms with E-state index in [0.717, 1.165) is 32.1 Å². The largest absolute Gasteiger partial charge is 0.396 e. The predicted molar refractivity (Wildman–Crippen MR) is 229 cm³/mol. The van der Waals surface area contributed by atoms with E-state index in [4.69, 9.17) is 33.2 Å². The zero-order valence-electron chi connectivity index (χ0n) is 39.5. The second-order valence-electron chi connectivity index (χ2n) is 23.8. The number of rotatable bonds is 9. The first-order valence-electron chi connectivity index (χ1n) is 24.5. The fourth-order valence-electron chi connectivity index (χ4n) is 15.7. The van der Waals surface area contributed by atoms with Crippen LogP contribution in [0.4, 0.5) is 0 Å². The summed E-state index contributed by atoms with van der Waals surface area (Å²) < 4.78 is 43.3. The minimum atomic E-state index is -1.80. The second-order valence-corrected chi connectivity index (χ2v) is 23.8. The molecule has 4 aliphatic heterocycles. The molecule has 0 unspecified atom stereocenters. The molecule has 4 saturated carbocycles. The van der Waals surface area contributed by atoms with Crippen molar-refractivity contribution in [1.82, 2.24) is 0 Å². The molecule has 66 heavy (non-hydrogen) atoms. The van der Waals surface area contributed by atoms with E-state index >= 15 is 0 Å². The fraction of sp³-hybridized carbons (Fsp3) is 0.958. The molecule has 378 valence electrons. The minimum absolute atomic E-state index is 0.0689. The van der Waals surface area contributed by atoms with Crippen LogP contribution < -0.4 is 0 Å². The van der Waals surface area contributed by atoms with Crippen molar-refractivity contribution in [3.8, 4) is 0 Å². The van der Waals surface area contributed by atoms with E-state index in [9.17, 15) is 56.2 Å². The molecule has 8 fully saturated rings. The first-order valence-corrected chi connectivity index (χ1v) is 24.5. The van der Waals surface area contributed by atoms with Gasteiger partial charge in [-0.2, -0.15) is 0 Å². The van der Waals surface area contributed by atoms with Crippen LogP contribution in [0.3, 0.4) is 0 Å². The quantitative estimate of drug-likeness (QED) is 0.104. The van der Waals surface area contributed by atoms with Crippen molar-refractivity contribution in [2.75, 3.05) is 26.4 Å². The van der Waals surface area contributed by atoms with Crippen molar-refractivity contribution in [2.45, 2.75) is 210 Å². The zero-order chi connectivity index (χ0) is 47.9. The average molecular weight is 943 g/mol. The van der Waals surface area contributed by atoms with Crippen LogP contribution in [-0.2, 0) is 33.2 Å². The van der Waals surface area contributed by atoms with Gasteiger partial charge in [0.15, 0.2) is 18.9 Å². The highest BCUT2D eigenvalue weighted by molar-refractivity contribution is 5.36. The van der Waals surface area contributed by atoms with Gasteiger partial charge >= 0.3 is 0 Å². The summed E-state index contributed by atoms with van der Waals surface area (Å²) in [7, 11) is 0. The Balaban J connectivity index is 0.972. The molecular weight excluding hydrogens is 865 g/mol. The van der Waals surface area contributed by atoms with Crippen LogP contribution in [0, 0.1) is 50.2 Å². The topological polar surface area (TPSA) is 287 Å². The molecule has 9 aliphatic rings. The van der Waals surface area contributed by atoms with Crippen LogP contribution in [0.1, 0.15) is 99.8 Å². The maximum Gasteiger partial charge on any atom is 0.187 e. The van der Waals surface area contributed by atoms with Gasteiger partial charge in [0.1, 0.15) is 67.1 Å². The van der Waals surface area contributed by atoms with Gasteiger partial charge in [-0.15, -0.1) is 0 Å². The van der Waals surface area contributed by atoms with Crippen molar-refractivity contribution in [2.24, 2.45) is 50.2 Å². The molecule has 11 N–H and O–H groups in total. The molecule has 4 saturated heterocycles. The Morgan fingerprint density at radius 2 is 1.29 bits per heavy atom. The summed E-state index contributed by atoms with van der Waals surface area (Å²) in [5.74, 6) is 0.207. The third-order valence-corrected chi connectivity index (χ3v) is 20.0. The predicted octanol–water partition coefficient (Wildman–Crippen LogP) is -0.399. The lowest BCUT2D eigenvalue weighted by Crippen LogP contribution is -2.72. The Kier molecular flexibility index (Phi) is 12.9. The molecule has 4 heterocycles. The molecule has 9 rings (SSSR count). The van der Waals surface area contributed by atoms with Crippen LogP contribution in [0.15, 0.2) is 12.2 Å². The monoisotopic (exact) mass is 943 g/mol. The van der Waals surface area contributed by atoms with Crippen LogP contribution in [-0.4, -0.2) is 193 Å². The van der Waals surface area contributed by atoms with E-state index in [1.54, 1.807) is 0 Å². The number of aliphatic hydroxyl groups is 11. The molecular formula is C48H78O18. The lowest BCUT2D eigenvalue weighted by atomic mass is 9.32. The number of fused-ring (bicyclic) bond motifs is 4. The summed E-state index contributed by atoms with van der Waals surface area (Å²) in [5, 5.41) is 120. The average Bonchev–Trinajstić information content (AvgIpc) is 3.55. The van der Waals surface area contributed by atoms with Gasteiger partial charge in [0.25, 0.3) is 0 Å². The van der Waals surface area contributed by atoms with Crippen LogP contribution in [0.25, 0.3) is 0 Å². The Bertz CT molecular complexity index is 1800. The Morgan fingerprint density at radius 3 is 1.98 bits per heavy atom. The molecule has 26 atom stereocenters. The van der Waals surface area contributed by atoms with Crippen LogP contribution >= 0.6 is 0 Å². The molecule has 0 aromatic heterocycles. The highest BCUT2D eigenvalue weighted by atomic mass is 16.8. The zero-order valence-corrected chi connectivity index (χ0v) is 39.5. The molecule has 18 heteroatoms. The van der Waals surface area contributed by atoms with E-state index < -0.39 is 129 Å². The summed E-state index contributed by atoms with van der Waals surface area (Å²) in [6, 6.07) is 0. The normalized spacial score (nSPS) is 58.8. The first kappa shape index (κ1) is 50.0. The van der Waals surface area contributed by atoms with Gasteiger partial charge in [-0.1, -0.05) is 53.7 Å². The number of ether oxygens (including phenoxy) is 7. The van der Waals surface area contributed by atoms with Crippen molar-refractivity contribution in [3.05, 3.63) is 12.2 Å². The van der Waals surface area contributed by atoms with E-state index in [-0.39, 0.29) is 51.4 Å². The minimum Gasteiger partial charge on any atom is -0.396 e. The SMILES string of the molecule is C[C@@H]1O[C@@H](O[C@H]2[C@H](O)[C@@H](O)[C@H](O[C@H]3CC[C@@]4(C)[C@@H](CC[C@]5(C)[C@@H]4C=C[C@]46OC[C@@]7(CCC(C)(C)C[C@@H]74)[C@@H](O)C[C@]65C)[C@]3(C)CO)O[C@@H]2CO[C@@H]2O[C@H](CO)[C@@H](O)[C@H](O)[C@H]2O)[C@H](O)[C@H](O)[C@H]1O. The fourth-order valence-corrected chi connectivity index (χ4v) is 15.7. The Hall–Kier alpha value is -0.980. The third kappa shape index (κ3) is 7.08. The number of hydrogen-bond acceptors (Lipinski definition) is 18. The van der Waals surface area contributed by atoms with Crippen LogP contribution in [0.5, 0.6) is 0 Å². The lowest BCUT2D eigenvalue weighted by molar-refractivity contribution is -0.375. The van der Waals surface area contributed by atoms with Crippen molar-refractivity contribution >= 4 is 0 Å². The standard InChI is InChI=1S/C48H78O18/c1-22-30(52)32(54)36(58)40(62-22)66-38-24(19-60-39-35(57)33(55)31(53)23(18-49)63-39)64-41(37(59)34(38)56)65-29-10-11-43(4)25(44(29,5)20-50)8-12-45(6)26(43)9-13-48-27-16-42(2,3)14-15-47(27,21-61-48)28(51)17-46(45,48)7/h9,13,22-41,49-59H,8,10-12,14-21H2,1-7H3/t22-,23+,24+,25+,26+,27-,28-,29-,30-,31+,32+,33-,34+,35+,36+,37+,38+,39+,40-,41-,43-,44-,45+,46-,47+,48-/m0/s1. The van der Waals surface area contributed by atoms with Gasteiger partial charge in [0.05, 0.1) is 50.3 Å². The summed E-state index contributed by atoms with van der Waals surface area (Å²) in [5.41, 5.74) is -2.43. The van der Waals surface area contributed by atoms with Gasteiger partial charge in [0, 0.05) is 22.2 Å². The number of aliphatic hydroxyl groups excluding tert-OH is 11. The van der Waals surface area contributed by atoms with Crippen molar-refractivity contribution < 1.29 is 89.3 Å². The first-order chi connectivity index (χ1) is 30.9. The molecule has 0 aromatic rings. The summed E-state index contributed by atoms with van der Waals surface area (Å²) >= 11 is 0. The van der Waals surface area contributed by atoms with Crippen LogP contribution in [0.2, 0.25) is 0 Å². The van der Waals surface area contributed by atoms with Gasteiger partial charge in [0.2, 0.25) is 0 Å². The number of hydrogen-bond donors (Lipinski definition) is 11. The Labute approximate surface area is 387 Å². The molecule has 0 aromatic carbocycles. The highest BCUT2D eigenvalue weighted by Gasteiger charge is 2.79. The summed E-state index contributed by atoms with van der Waals surface area (Å²) in [4.78, 5) is 0. The van der Waals surface area contributed by atoms with Gasteiger partial charge in [-0.3, -0.25) is 0 Å². The van der Waals surface area contributed by atoms with Crippen molar-refractivity contribution in [3.63, 3.8) is 0 Å². The maximum absolute atomic E-state index is 12.2. The molecule has 0 amide bonds. The van der Waals surface area contributed by atoms with Crippen molar-refractivity contribution in [1.29, 1.82) is 0 Å². The van der Waals surface area contributed by atoms with E-state index in [0.29, 0.717) is 25.9 Å². The molecule has 18 nitrogen and oxygen atoms in total. The smallest absolute Gasteiger partial charge is 0.187 e. The second kappa shape index (κ2) is 17.1. The van der Waals surface area contributed by atoms with E-state index in [1.165, 1.54) is 6.92 Å². The molecule has 0 radical (unpaired) electrons. The molecule has 2 bridgehead atoms. The summed E-state index contributed by atoms with van der Waals surface area (Å²) in [6.45, 7) is 14.3. The van der Waals surface area contributed by atoms with Gasteiger partial charge in [-0.05, 0) is 86.4 Å². The van der Waals surface area contributed by atoms with Gasteiger partial charge in [-0.25, -0.2) is 0 Å². The maximum atomic E-state index is 12.2.